The molecule has 0 bridgehead atoms. The third kappa shape index (κ3) is 4.96. The van der Waals surface area contributed by atoms with Crippen LogP contribution >= 0.6 is 0 Å². The first kappa shape index (κ1) is 18.3. The van der Waals surface area contributed by atoms with Gasteiger partial charge in [-0.1, -0.05) is 19.1 Å². The Hall–Kier alpha value is -2.08. The largest absolute Gasteiger partial charge is 0.497 e. The van der Waals surface area contributed by atoms with Gasteiger partial charge in [-0.25, -0.2) is 0 Å². The lowest BCUT2D eigenvalue weighted by atomic mass is 10.2. The van der Waals surface area contributed by atoms with Crippen molar-refractivity contribution in [3.05, 3.63) is 29.8 Å². The molecule has 0 radical (unpaired) electrons. The Labute approximate surface area is 144 Å². The van der Waals surface area contributed by atoms with Crippen LogP contribution in [0.1, 0.15) is 19.4 Å². The summed E-state index contributed by atoms with van der Waals surface area (Å²) in [5.41, 5.74) is 0.981. The second-order valence-corrected chi connectivity index (χ2v) is 6.04. The molecule has 132 valence electrons. The molecule has 1 aliphatic heterocycles. The molecule has 0 atom stereocenters. The Morgan fingerprint density at radius 3 is 2.25 bits per heavy atom. The smallest absolute Gasteiger partial charge is 0.242 e. The minimum Gasteiger partial charge on any atom is -0.497 e. The summed E-state index contributed by atoms with van der Waals surface area (Å²) in [7, 11) is 1.62. The number of hydrogen-bond acceptors (Lipinski definition) is 4. The van der Waals surface area contributed by atoms with Gasteiger partial charge in [0.05, 0.1) is 7.11 Å². The lowest BCUT2D eigenvalue weighted by Crippen LogP contribution is -2.51. The third-order valence-corrected chi connectivity index (χ3v) is 4.48. The van der Waals surface area contributed by atoms with Crippen molar-refractivity contribution in [2.24, 2.45) is 0 Å². The van der Waals surface area contributed by atoms with E-state index in [1.165, 1.54) is 6.92 Å². The number of benzene rings is 1. The van der Waals surface area contributed by atoms with E-state index in [-0.39, 0.29) is 18.4 Å². The zero-order chi connectivity index (χ0) is 17.5. The Kier molecular flexibility index (Phi) is 6.61. The van der Waals surface area contributed by atoms with Crippen molar-refractivity contribution < 1.29 is 14.3 Å². The van der Waals surface area contributed by atoms with Gasteiger partial charge in [0.15, 0.2) is 0 Å². The van der Waals surface area contributed by atoms with Crippen LogP contribution in [0, 0.1) is 0 Å². The minimum absolute atomic E-state index is 0.0227. The highest BCUT2D eigenvalue weighted by Crippen LogP contribution is 2.13. The molecule has 0 saturated carbocycles. The maximum atomic E-state index is 12.5. The Balaban J connectivity index is 1.92. The van der Waals surface area contributed by atoms with Gasteiger partial charge < -0.3 is 19.4 Å². The number of carbonyl (C=O) groups is 2. The van der Waals surface area contributed by atoms with E-state index in [9.17, 15) is 9.59 Å². The van der Waals surface area contributed by atoms with Crippen LogP contribution in [0.3, 0.4) is 0 Å². The second kappa shape index (κ2) is 8.68. The maximum absolute atomic E-state index is 12.5. The Bertz CT molecular complexity index is 551. The number of likely N-dealkylation sites (N-methyl/N-ethyl adjacent to an activating group) is 1. The number of rotatable bonds is 6. The Morgan fingerprint density at radius 2 is 1.75 bits per heavy atom. The van der Waals surface area contributed by atoms with Gasteiger partial charge in [-0.05, 0) is 24.2 Å². The molecule has 2 rings (SSSR count). The second-order valence-electron chi connectivity index (χ2n) is 6.04. The van der Waals surface area contributed by atoms with E-state index in [1.807, 2.05) is 29.2 Å². The standard InChI is InChI=1S/C18H27N3O3/c1-4-19-9-11-20(12-10-19)18(23)14-21(15(2)22)13-16-5-7-17(24-3)8-6-16/h5-8H,4,9-14H2,1-3H3. The highest BCUT2D eigenvalue weighted by molar-refractivity contribution is 5.84. The highest BCUT2D eigenvalue weighted by Gasteiger charge is 2.23. The van der Waals surface area contributed by atoms with Gasteiger partial charge in [-0.3, -0.25) is 9.59 Å². The lowest BCUT2D eigenvalue weighted by molar-refractivity contribution is -0.140. The highest BCUT2D eigenvalue weighted by atomic mass is 16.5. The van der Waals surface area contributed by atoms with E-state index in [0.29, 0.717) is 6.54 Å². The zero-order valence-corrected chi connectivity index (χ0v) is 14.8. The molecule has 0 N–H and O–H groups in total. The van der Waals surface area contributed by atoms with Gasteiger partial charge in [0.25, 0.3) is 0 Å². The number of carbonyl (C=O) groups excluding carboxylic acids is 2. The number of piperazine rings is 1. The summed E-state index contributed by atoms with van der Waals surface area (Å²) in [5, 5.41) is 0. The van der Waals surface area contributed by atoms with Crippen LogP contribution in [0.25, 0.3) is 0 Å². The summed E-state index contributed by atoms with van der Waals surface area (Å²) in [4.78, 5) is 30.2. The molecule has 1 aromatic rings. The third-order valence-electron chi connectivity index (χ3n) is 4.48. The van der Waals surface area contributed by atoms with E-state index >= 15 is 0 Å². The molecule has 1 heterocycles. The van der Waals surface area contributed by atoms with Crippen LogP contribution < -0.4 is 4.74 Å². The number of amides is 2. The normalized spacial score (nSPS) is 15.2. The molecule has 2 amide bonds. The van der Waals surface area contributed by atoms with E-state index < -0.39 is 0 Å². The molecule has 1 saturated heterocycles. The predicted molar refractivity (Wildman–Crippen MR) is 92.8 cm³/mol. The molecule has 6 heteroatoms. The molecule has 0 unspecified atom stereocenters. The molecular formula is C18H27N3O3. The average Bonchev–Trinajstić information content (AvgIpc) is 2.61. The molecule has 1 fully saturated rings. The number of ether oxygens (including phenoxy) is 1. The fraction of sp³-hybridized carbons (Fsp3) is 0.556. The van der Waals surface area contributed by atoms with Gasteiger partial charge >= 0.3 is 0 Å². The topological polar surface area (TPSA) is 53.1 Å². The van der Waals surface area contributed by atoms with Gasteiger partial charge in [0, 0.05) is 39.6 Å². The predicted octanol–water partition coefficient (Wildman–Crippen LogP) is 1.21. The van der Waals surface area contributed by atoms with Crippen molar-refractivity contribution >= 4 is 11.8 Å². The average molecular weight is 333 g/mol. The summed E-state index contributed by atoms with van der Waals surface area (Å²) in [6.45, 7) is 8.49. The van der Waals surface area contributed by atoms with E-state index in [2.05, 4.69) is 11.8 Å². The number of methoxy groups -OCH3 is 1. The van der Waals surface area contributed by atoms with Crippen molar-refractivity contribution in [3.8, 4) is 5.75 Å². The van der Waals surface area contributed by atoms with Crippen LogP contribution in [0.15, 0.2) is 24.3 Å². The quantitative estimate of drug-likeness (QED) is 0.785. The van der Waals surface area contributed by atoms with E-state index in [0.717, 1.165) is 44.0 Å². The van der Waals surface area contributed by atoms with Crippen LogP contribution in [0.4, 0.5) is 0 Å². The number of nitrogens with zero attached hydrogens (tertiary/aromatic N) is 3. The monoisotopic (exact) mass is 333 g/mol. The number of hydrogen-bond donors (Lipinski definition) is 0. The van der Waals surface area contributed by atoms with Crippen molar-refractivity contribution in [1.29, 1.82) is 0 Å². The zero-order valence-electron chi connectivity index (χ0n) is 14.8. The molecular weight excluding hydrogens is 306 g/mol. The molecule has 6 nitrogen and oxygen atoms in total. The van der Waals surface area contributed by atoms with Gasteiger partial charge in [-0.2, -0.15) is 0 Å². The summed E-state index contributed by atoms with van der Waals surface area (Å²) >= 11 is 0. The summed E-state index contributed by atoms with van der Waals surface area (Å²) in [6.07, 6.45) is 0. The van der Waals surface area contributed by atoms with Crippen LogP contribution in [-0.4, -0.2) is 72.9 Å². The van der Waals surface area contributed by atoms with Gasteiger partial charge in [0.1, 0.15) is 12.3 Å². The molecule has 24 heavy (non-hydrogen) atoms. The first-order valence-electron chi connectivity index (χ1n) is 8.42. The van der Waals surface area contributed by atoms with Crippen molar-refractivity contribution in [2.45, 2.75) is 20.4 Å². The lowest BCUT2D eigenvalue weighted by Gasteiger charge is -2.35. The van der Waals surface area contributed by atoms with Gasteiger partial charge in [-0.15, -0.1) is 0 Å². The van der Waals surface area contributed by atoms with Gasteiger partial charge in [0.2, 0.25) is 11.8 Å². The van der Waals surface area contributed by atoms with E-state index in [1.54, 1.807) is 12.0 Å². The first-order valence-corrected chi connectivity index (χ1v) is 8.42. The van der Waals surface area contributed by atoms with Crippen molar-refractivity contribution in [3.63, 3.8) is 0 Å². The van der Waals surface area contributed by atoms with Crippen LogP contribution in [-0.2, 0) is 16.1 Å². The molecule has 1 aliphatic rings. The van der Waals surface area contributed by atoms with Crippen molar-refractivity contribution in [1.82, 2.24) is 14.7 Å². The maximum Gasteiger partial charge on any atom is 0.242 e. The summed E-state index contributed by atoms with van der Waals surface area (Å²) in [5.74, 6) is 0.707. The fourth-order valence-corrected chi connectivity index (χ4v) is 2.81. The van der Waals surface area contributed by atoms with Crippen LogP contribution in [0.5, 0.6) is 5.75 Å². The van der Waals surface area contributed by atoms with Crippen LogP contribution in [0.2, 0.25) is 0 Å². The first-order chi connectivity index (χ1) is 11.5. The SMILES string of the molecule is CCN1CCN(C(=O)CN(Cc2ccc(OC)cc2)C(C)=O)CC1. The summed E-state index contributed by atoms with van der Waals surface area (Å²) < 4.78 is 5.14. The van der Waals surface area contributed by atoms with Crippen molar-refractivity contribution in [2.75, 3.05) is 46.4 Å². The minimum atomic E-state index is -0.0913. The molecule has 1 aromatic carbocycles. The fourth-order valence-electron chi connectivity index (χ4n) is 2.81. The Morgan fingerprint density at radius 1 is 1.12 bits per heavy atom. The summed E-state index contributed by atoms with van der Waals surface area (Å²) in [6, 6.07) is 7.55. The molecule has 0 aliphatic carbocycles. The molecule has 0 aromatic heterocycles. The van der Waals surface area contributed by atoms with E-state index in [4.69, 9.17) is 4.74 Å². The molecule has 0 spiro atoms.